The third-order valence-corrected chi connectivity index (χ3v) is 2.07. The predicted octanol–water partition coefficient (Wildman–Crippen LogP) is 0.472. The van der Waals surface area contributed by atoms with Crippen molar-refractivity contribution in [3.05, 3.63) is 17.8 Å². The van der Waals surface area contributed by atoms with Gasteiger partial charge in [-0.05, 0) is 18.6 Å². The van der Waals surface area contributed by atoms with E-state index in [1.165, 1.54) is 4.90 Å². The van der Waals surface area contributed by atoms with E-state index in [0.717, 1.165) is 5.56 Å². The molecule has 0 aliphatic carbocycles. The first-order valence-corrected chi connectivity index (χ1v) is 4.67. The van der Waals surface area contributed by atoms with E-state index in [9.17, 15) is 4.79 Å². The standard InChI is InChI=1S/C10H16N4O/c1-7-4-9(12-5-8(7)11)13-6-10(15)14(2)3/h4-5H,6,11H2,1-3H3,(H,12,13). The zero-order valence-electron chi connectivity index (χ0n) is 9.24. The van der Waals surface area contributed by atoms with E-state index < -0.39 is 0 Å². The second kappa shape index (κ2) is 4.63. The van der Waals surface area contributed by atoms with Gasteiger partial charge in [0.1, 0.15) is 5.82 Å². The van der Waals surface area contributed by atoms with Crippen molar-refractivity contribution in [2.24, 2.45) is 0 Å². The lowest BCUT2D eigenvalue weighted by Crippen LogP contribution is -2.28. The van der Waals surface area contributed by atoms with Crippen LogP contribution >= 0.6 is 0 Å². The molecule has 0 fully saturated rings. The van der Waals surface area contributed by atoms with Crippen molar-refractivity contribution in [2.75, 3.05) is 31.7 Å². The summed E-state index contributed by atoms with van der Waals surface area (Å²) in [5.74, 6) is 0.670. The highest BCUT2D eigenvalue weighted by Crippen LogP contribution is 2.12. The van der Waals surface area contributed by atoms with Crippen LogP contribution < -0.4 is 11.1 Å². The minimum atomic E-state index is 0.00581. The molecule has 0 aliphatic rings. The molecule has 1 amide bonds. The number of hydrogen-bond acceptors (Lipinski definition) is 4. The van der Waals surface area contributed by atoms with E-state index in [4.69, 9.17) is 5.73 Å². The number of amides is 1. The molecular formula is C10H16N4O. The van der Waals surface area contributed by atoms with Crippen LogP contribution in [0.2, 0.25) is 0 Å². The van der Waals surface area contributed by atoms with Gasteiger partial charge in [-0.2, -0.15) is 0 Å². The Labute approximate surface area is 89.3 Å². The minimum absolute atomic E-state index is 0.00581. The summed E-state index contributed by atoms with van der Waals surface area (Å²) in [7, 11) is 3.43. The first-order chi connectivity index (χ1) is 7.00. The number of nitrogens with two attached hydrogens (primary N) is 1. The van der Waals surface area contributed by atoms with Crippen molar-refractivity contribution in [3.8, 4) is 0 Å². The van der Waals surface area contributed by atoms with Crippen LogP contribution in [0.4, 0.5) is 11.5 Å². The van der Waals surface area contributed by atoms with Gasteiger partial charge >= 0.3 is 0 Å². The predicted molar refractivity (Wildman–Crippen MR) is 60.6 cm³/mol. The summed E-state index contributed by atoms with van der Waals surface area (Å²) < 4.78 is 0. The fourth-order valence-corrected chi connectivity index (χ4v) is 0.988. The molecule has 0 bridgehead atoms. The van der Waals surface area contributed by atoms with Crippen molar-refractivity contribution >= 4 is 17.4 Å². The second-order valence-electron chi connectivity index (χ2n) is 3.57. The number of aryl methyl sites for hydroxylation is 1. The minimum Gasteiger partial charge on any atom is -0.397 e. The molecule has 0 unspecified atom stereocenters. The molecule has 0 saturated carbocycles. The lowest BCUT2D eigenvalue weighted by molar-refractivity contribution is -0.126. The van der Waals surface area contributed by atoms with Crippen LogP contribution in [-0.2, 0) is 4.79 Å². The maximum absolute atomic E-state index is 11.3. The molecule has 82 valence electrons. The number of nitrogens with one attached hydrogen (secondary N) is 1. The average Bonchev–Trinajstić information content (AvgIpc) is 2.19. The Balaban J connectivity index is 2.58. The van der Waals surface area contributed by atoms with Gasteiger partial charge in [0.05, 0.1) is 18.4 Å². The van der Waals surface area contributed by atoms with Gasteiger partial charge in [0, 0.05) is 14.1 Å². The Morgan fingerprint density at radius 2 is 2.27 bits per heavy atom. The fraction of sp³-hybridized carbons (Fsp3) is 0.400. The number of carbonyl (C=O) groups excluding carboxylic acids is 1. The highest BCUT2D eigenvalue weighted by atomic mass is 16.2. The summed E-state index contributed by atoms with van der Waals surface area (Å²) in [6.07, 6.45) is 1.58. The average molecular weight is 208 g/mol. The molecule has 1 heterocycles. The quantitative estimate of drug-likeness (QED) is 0.757. The molecule has 15 heavy (non-hydrogen) atoms. The SMILES string of the molecule is Cc1cc(NCC(=O)N(C)C)ncc1N. The Kier molecular flexibility index (Phi) is 3.49. The second-order valence-corrected chi connectivity index (χ2v) is 3.57. The Morgan fingerprint density at radius 1 is 1.60 bits per heavy atom. The summed E-state index contributed by atoms with van der Waals surface area (Å²) in [5, 5.41) is 2.94. The number of anilines is 2. The molecule has 3 N–H and O–H groups in total. The van der Waals surface area contributed by atoms with E-state index in [1.807, 2.05) is 13.0 Å². The molecule has 1 aromatic rings. The van der Waals surface area contributed by atoms with Gasteiger partial charge in [0.15, 0.2) is 0 Å². The monoisotopic (exact) mass is 208 g/mol. The zero-order valence-corrected chi connectivity index (χ0v) is 9.24. The summed E-state index contributed by atoms with van der Waals surface area (Å²) in [6, 6.07) is 1.82. The third-order valence-electron chi connectivity index (χ3n) is 2.07. The van der Waals surface area contributed by atoms with Crippen LogP contribution in [0.5, 0.6) is 0 Å². The van der Waals surface area contributed by atoms with Gasteiger partial charge in [0.2, 0.25) is 5.91 Å². The number of hydrogen-bond donors (Lipinski definition) is 2. The van der Waals surface area contributed by atoms with Gasteiger partial charge in [-0.1, -0.05) is 0 Å². The normalized spacial score (nSPS) is 9.80. The van der Waals surface area contributed by atoms with Gasteiger partial charge in [-0.15, -0.1) is 0 Å². The molecule has 0 aromatic carbocycles. The Morgan fingerprint density at radius 3 is 2.80 bits per heavy atom. The van der Waals surface area contributed by atoms with Crippen molar-refractivity contribution in [2.45, 2.75) is 6.92 Å². The number of nitrogen functional groups attached to an aromatic ring is 1. The largest absolute Gasteiger partial charge is 0.397 e. The molecule has 0 spiro atoms. The topological polar surface area (TPSA) is 71.2 Å². The van der Waals surface area contributed by atoms with Crippen LogP contribution in [0.15, 0.2) is 12.3 Å². The molecule has 5 nitrogen and oxygen atoms in total. The van der Waals surface area contributed by atoms with Gasteiger partial charge in [-0.3, -0.25) is 4.79 Å². The van der Waals surface area contributed by atoms with E-state index in [2.05, 4.69) is 10.3 Å². The zero-order chi connectivity index (χ0) is 11.4. The molecule has 1 rings (SSSR count). The number of nitrogens with zero attached hydrogens (tertiary/aromatic N) is 2. The first kappa shape index (κ1) is 11.3. The number of pyridine rings is 1. The molecular weight excluding hydrogens is 192 g/mol. The van der Waals surface area contributed by atoms with Crippen molar-refractivity contribution in [1.82, 2.24) is 9.88 Å². The van der Waals surface area contributed by atoms with E-state index in [1.54, 1.807) is 20.3 Å². The van der Waals surface area contributed by atoms with Crippen LogP contribution in [0.3, 0.4) is 0 Å². The van der Waals surface area contributed by atoms with Crippen LogP contribution in [0.25, 0.3) is 0 Å². The van der Waals surface area contributed by atoms with Crippen LogP contribution in [0, 0.1) is 6.92 Å². The smallest absolute Gasteiger partial charge is 0.241 e. The molecule has 0 aliphatic heterocycles. The number of rotatable bonds is 3. The van der Waals surface area contributed by atoms with E-state index >= 15 is 0 Å². The lowest BCUT2D eigenvalue weighted by Gasteiger charge is -2.11. The van der Waals surface area contributed by atoms with Crippen LogP contribution in [-0.4, -0.2) is 36.4 Å². The molecule has 0 radical (unpaired) electrons. The van der Waals surface area contributed by atoms with E-state index in [-0.39, 0.29) is 12.5 Å². The van der Waals surface area contributed by atoms with Crippen molar-refractivity contribution in [1.29, 1.82) is 0 Å². The highest BCUT2D eigenvalue weighted by molar-refractivity contribution is 5.80. The van der Waals surface area contributed by atoms with Crippen LogP contribution in [0.1, 0.15) is 5.56 Å². The molecule has 1 aromatic heterocycles. The highest BCUT2D eigenvalue weighted by Gasteiger charge is 2.04. The summed E-state index contributed by atoms with van der Waals surface area (Å²) >= 11 is 0. The maximum atomic E-state index is 11.3. The number of carbonyl (C=O) groups is 1. The van der Waals surface area contributed by atoms with Crippen molar-refractivity contribution < 1.29 is 4.79 Å². The molecule has 0 saturated heterocycles. The van der Waals surface area contributed by atoms with Gasteiger partial charge < -0.3 is 16.0 Å². The number of likely N-dealkylation sites (N-methyl/N-ethyl adjacent to an activating group) is 1. The van der Waals surface area contributed by atoms with Gasteiger partial charge in [0.25, 0.3) is 0 Å². The van der Waals surface area contributed by atoms with Gasteiger partial charge in [-0.25, -0.2) is 4.98 Å². The maximum Gasteiger partial charge on any atom is 0.241 e. The third kappa shape index (κ3) is 3.12. The Bertz CT molecular complexity index is 362. The summed E-state index contributed by atoms with van der Waals surface area (Å²) in [4.78, 5) is 16.9. The molecule has 0 atom stereocenters. The first-order valence-electron chi connectivity index (χ1n) is 4.67. The van der Waals surface area contributed by atoms with E-state index in [0.29, 0.717) is 11.5 Å². The molecule has 5 heteroatoms. The fourth-order valence-electron chi connectivity index (χ4n) is 0.988. The summed E-state index contributed by atoms with van der Waals surface area (Å²) in [6.45, 7) is 2.14. The summed E-state index contributed by atoms with van der Waals surface area (Å²) in [5.41, 5.74) is 7.23. The number of aromatic nitrogens is 1. The Hall–Kier alpha value is -1.78. The van der Waals surface area contributed by atoms with Crippen molar-refractivity contribution in [3.63, 3.8) is 0 Å². The lowest BCUT2D eigenvalue weighted by atomic mass is 10.2.